The van der Waals surface area contributed by atoms with E-state index in [4.69, 9.17) is 40.3 Å². The van der Waals surface area contributed by atoms with Crippen molar-refractivity contribution in [1.82, 2.24) is 25.9 Å². The van der Waals surface area contributed by atoms with Crippen molar-refractivity contribution in [2.24, 2.45) is 17.4 Å². The number of H-pyrrole nitrogens is 1. The van der Waals surface area contributed by atoms with Gasteiger partial charge >= 0.3 is 0 Å². The highest BCUT2D eigenvalue weighted by atomic mass is 16.5. The van der Waals surface area contributed by atoms with Crippen LogP contribution in [0.1, 0.15) is 115 Å². The first-order chi connectivity index (χ1) is 29.2. The Bertz CT molecular complexity index is 1230. The highest BCUT2D eigenvalue weighted by Crippen LogP contribution is 2.14. The molecule has 1 aromatic heterocycles. The Kier molecular flexibility index (Phi) is 36.0. The number of imidazole rings is 1. The van der Waals surface area contributed by atoms with Gasteiger partial charge in [0.1, 0.15) is 13.2 Å². The first-order valence-corrected chi connectivity index (χ1v) is 22.1. The fourth-order valence-electron chi connectivity index (χ4n) is 6.05. The van der Waals surface area contributed by atoms with Gasteiger partial charge in [-0.05, 0) is 12.8 Å². The molecule has 4 amide bonds. The molecule has 1 rings (SSSR count). The van der Waals surface area contributed by atoms with Crippen LogP contribution in [0.3, 0.4) is 0 Å². The van der Waals surface area contributed by atoms with Crippen molar-refractivity contribution in [1.29, 1.82) is 0 Å². The van der Waals surface area contributed by atoms with Crippen LogP contribution >= 0.6 is 0 Å². The summed E-state index contributed by atoms with van der Waals surface area (Å²) < 4.78 is 26.9. The van der Waals surface area contributed by atoms with Crippen LogP contribution in [0.5, 0.6) is 0 Å². The Hall–Kier alpha value is -3.52. The number of aliphatic hydroxyl groups is 1. The number of nitrogens with two attached hydrogens (primary N) is 2. The van der Waals surface area contributed by atoms with Gasteiger partial charge < -0.3 is 61.2 Å². The maximum atomic E-state index is 12.4. The van der Waals surface area contributed by atoms with Crippen molar-refractivity contribution in [3.05, 3.63) is 18.2 Å². The van der Waals surface area contributed by atoms with Crippen molar-refractivity contribution in [2.45, 2.75) is 122 Å². The molecule has 18 heteroatoms. The van der Waals surface area contributed by atoms with Crippen LogP contribution in [0, 0.1) is 5.92 Å². The summed E-state index contributed by atoms with van der Waals surface area (Å²) in [4.78, 5) is 66.9. The highest BCUT2D eigenvalue weighted by Gasteiger charge is 2.24. The second kappa shape index (κ2) is 39.6. The Morgan fingerprint density at radius 3 is 1.53 bits per heavy atom. The molecule has 346 valence electrons. The van der Waals surface area contributed by atoms with Crippen LogP contribution in [-0.4, -0.2) is 143 Å². The van der Waals surface area contributed by atoms with Gasteiger partial charge in [-0.1, -0.05) is 83.5 Å². The van der Waals surface area contributed by atoms with Crippen LogP contribution < -0.4 is 27.4 Å². The van der Waals surface area contributed by atoms with Crippen LogP contribution in [-0.2, 0) is 54.1 Å². The molecule has 0 aromatic carbocycles. The predicted molar refractivity (Wildman–Crippen MR) is 227 cm³/mol. The molecule has 0 bridgehead atoms. The van der Waals surface area contributed by atoms with Crippen molar-refractivity contribution < 1.29 is 52.8 Å². The number of amides is 4. The van der Waals surface area contributed by atoms with Crippen molar-refractivity contribution >= 4 is 29.4 Å². The average molecular weight is 856 g/mol. The Morgan fingerprint density at radius 2 is 1.07 bits per heavy atom. The number of aromatic nitrogens is 2. The number of Topliss-reactive ketones (excluding diaryl/α,β-unsaturated/α-hetero) is 1. The third kappa shape index (κ3) is 34.2. The highest BCUT2D eigenvalue weighted by molar-refractivity contribution is 5.89. The monoisotopic (exact) mass is 856 g/mol. The molecule has 0 spiro atoms. The quantitative estimate of drug-likeness (QED) is 0.0464. The molecule has 0 saturated carbocycles. The largest absolute Gasteiger partial charge is 0.396 e. The van der Waals surface area contributed by atoms with E-state index in [1.54, 1.807) is 6.20 Å². The smallest absolute Gasteiger partial charge is 0.246 e. The Labute approximate surface area is 357 Å². The summed E-state index contributed by atoms with van der Waals surface area (Å²) in [5.41, 5.74) is 12.1. The summed E-state index contributed by atoms with van der Waals surface area (Å²) >= 11 is 0. The second-order valence-electron chi connectivity index (χ2n) is 14.9. The lowest BCUT2D eigenvalue weighted by molar-refractivity contribution is -0.130. The molecule has 0 radical (unpaired) electrons. The van der Waals surface area contributed by atoms with E-state index in [-0.39, 0.29) is 102 Å². The standard InChI is InChI=1S/C42H77N7O11/c43-37(29-36-30-45-34-49-36)38(51)28-35(42(44)55)31-58-23-19-48-41(54)33-60-27-25-57-22-18-47-40(53)32-59-26-24-56-21-17-46-39(52)16-14-12-10-8-6-4-2-1-3-5-7-9-11-13-15-20-50/h30,34-35,37,50H,1-29,31-33,43H2,(H2,44,55)(H,45,49)(H,46,52)(H,47,53)(H,48,54)/t35-,37-/m0/s1. The van der Waals surface area contributed by atoms with Crippen LogP contribution in [0.25, 0.3) is 0 Å². The van der Waals surface area contributed by atoms with Crippen LogP contribution in [0.4, 0.5) is 0 Å². The number of carbonyl (C=O) groups excluding carboxylic acids is 5. The molecule has 0 unspecified atom stereocenters. The summed E-state index contributed by atoms with van der Waals surface area (Å²) in [6.45, 7) is 2.58. The average Bonchev–Trinajstić information content (AvgIpc) is 3.74. The zero-order valence-electron chi connectivity index (χ0n) is 36.1. The minimum Gasteiger partial charge on any atom is -0.396 e. The lowest BCUT2D eigenvalue weighted by Crippen LogP contribution is -2.38. The molecule has 18 nitrogen and oxygen atoms in total. The number of nitrogens with one attached hydrogen (secondary N) is 4. The minimum absolute atomic E-state index is 0.0465. The lowest BCUT2D eigenvalue weighted by Gasteiger charge is -2.16. The van der Waals surface area contributed by atoms with Gasteiger partial charge in [0.2, 0.25) is 23.6 Å². The van der Waals surface area contributed by atoms with Gasteiger partial charge in [0.15, 0.2) is 5.78 Å². The molecule has 1 aromatic rings. The SMILES string of the molecule is NC(=O)[C@H](COCCNC(=O)COCCOCCNC(=O)COCCOCCNC(=O)CCCCCCCCCCCCCCCCCO)CC(=O)[C@@H](N)Cc1cnc[nH]1. The number of carbonyl (C=O) groups is 5. The van der Waals surface area contributed by atoms with E-state index in [9.17, 15) is 24.0 Å². The van der Waals surface area contributed by atoms with Gasteiger partial charge in [-0.2, -0.15) is 0 Å². The van der Waals surface area contributed by atoms with E-state index in [0.717, 1.165) is 25.7 Å². The Balaban J connectivity index is 1.83. The molecule has 9 N–H and O–H groups in total. The Morgan fingerprint density at radius 1 is 0.617 bits per heavy atom. The maximum absolute atomic E-state index is 12.4. The number of nitrogens with zero attached hydrogens (tertiary/aromatic N) is 1. The van der Waals surface area contributed by atoms with Crippen LogP contribution in [0.15, 0.2) is 12.5 Å². The van der Waals surface area contributed by atoms with E-state index in [1.165, 1.54) is 77.0 Å². The summed E-state index contributed by atoms with van der Waals surface area (Å²) in [5.74, 6) is -2.42. The molecule has 2 atom stereocenters. The molecule has 1 heterocycles. The fourth-order valence-corrected chi connectivity index (χ4v) is 6.05. The van der Waals surface area contributed by atoms with Gasteiger partial charge in [-0.15, -0.1) is 0 Å². The van der Waals surface area contributed by atoms with Gasteiger partial charge in [0.05, 0.1) is 71.1 Å². The van der Waals surface area contributed by atoms with Gasteiger partial charge in [0, 0.05) is 57.4 Å². The minimum atomic E-state index is -0.838. The molecule has 0 saturated heterocycles. The first kappa shape index (κ1) is 54.5. The predicted octanol–water partition coefficient (Wildman–Crippen LogP) is 2.01. The molecule has 60 heavy (non-hydrogen) atoms. The third-order valence-electron chi connectivity index (χ3n) is 9.56. The third-order valence-corrected chi connectivity index (χ3v) is 9.56. The molecular weight excluding hydrogens is 778 g/mol. The number of aromatic amines is 1. The number of hydrogen-bond acceptors (Lipinski definition) is 13. The first-order valence-electron chi connectivity index (χ1n) is 22.1. The van der Waals surface area contributed by atoms with Gasteiger partial charge in [-0.25, -0.2) is 4.98 Å². The van der Waals surface area contributed by atoms with E-state index in [0.29, 0.717) is 38.5 Å². The molecule has 0 fully saturated rings. The molecule has 0 aliphatic carbocycles. The number of ketones is 1. The van der Waals surface area contributed by atoms with E-state index in [1.807, 2.05) is 0 Å². The van der Waals surface area contributed by atoms with E-state index in [2.05, 4.69) is 25.9 Å². The van der Waals surface area contributed by atoms with Crippen molar-refractivity contribution in [3.8, 4) is 0 Å². The van der Waals surface area contributed by atoms with E-state index < -0.39 is 17.9 Å². The molecule has 0 aliphatic rings. The number of aliphatic hydroxyl groups excluding tert-OH is 1. The number of rotatable bonds is 44. The maximum Gasteiger partial charge on any atom is 0.246 e. The zero-order chi connectivity index (χ0) is 43.7. The van der Waals surface area contributed by atoms with Gasteiger partial charge in [-0.3, -0.25) is 24.0 Å². The molecule has 0 aliphatic heterocycles. The van der Waals surface area contributed by atoms with Gasteiger partial charge in [0.25, 0.3) is 0 Å². The summed E-state index contributed by atoms with van der Waals surface area (Å²) in [5, 5.41) is 17.0. The number of hydrogen-bond donors (Lipinski definition) is 7. The normalized spacial score (nSPS) is 12.2. The van der Waals surface area contributed by atoms with E-state index >= 15 is 0 Å². The van der Waals surface area contributed by atoms with Crippen molar-refractivity contribution in [3.63, 3.8) is 0 Å². The van der Waals surface area contributed by atoms with Crippen molar-refractivity contribution in [2.75, 3.05) is 92.3 Å². The zero-order valence-corrected chi connectivity index (χ0v) is 36.1. The lowest BCUT2D eigenvalue weighted by atomic mass is 9.97. The fraction of sp³-hybridized carbons (Fsp3) is 0.810. The second-order valence-corrected chi connectivity index (χ2v) is 14.9. The number of unbranched alkanes of at least 4 members (excludes halogenated alkanes) is 14. The number of primary amides is 1. The van der Waals surface area contributed by atoms with Crippen LogP contribution in [0.2, 0.25) is 0 Å². The number of ether oxygens (including phenoxy) is 5. The molecular formula is C42H77N7O11. The summed E-state index contributed by atoms with van der Waals surface area (Å²) in [6, 6.07) is -0.805. The topological polar surface area (TPSA) is 269 Å². The summed E-state index contributed by atoms with van der Waals surface area (Å²) in [7, 11) is 0. The summed E-state index contributed by atoms with van der Waals surface area (Å²) in [6.07, 6.45) is 22.0.